The smallest absolute Gasteiger partial charge is 0.175 e. The lowest BCUT2D eigenvalue weighted by Crippen LogP contribution is -1.96. The van der Waals surface area contributed by atoms with E-state index in [1.165, 1.54) is 18.2 Å². The quantitative estimate of drug-likeness (QED) is 0.756. The third-order valence-corrected chi connectivity index (χ3v) is 4.12. The van der Waals surface area contributed by atoms with E-state index in [4.69, 9.17) is 0 Å². The number of thiophene rings is 1. The lowest BCUT2D eigenvalue weighted by Gasteiger charge is -2.01. The summed E-state index contributed by atoms with van der Waals surface area (Å²) in [7, 11) is 0. The van der Waals surface area contributed by atoms with Crippen LogP contribution in [-0.4, -0.2) is 5.78 Å². The first-order valence-corrected chi connectivity index (χ1v) is 6.57. The largest absolute Gasteiger partial charge is 0.293 e. The highest BCUT2D eigenvalue weighted by Crippen LogP contribution is 2.37. The zero-order valence-electron chi connectivity index (χ0n) is 9.45. The number of halogens is 2. The molecule has 2 aromatic rings. The van der Waals surface area contributed by atoms with Crippen molar-refractivity contribution in [2.75, 3.05) is 0 Å². The van der Waals surface area contributed by atoms with Gasteiger partial charge in [-0.2, -0.15) is 0 Å². The van der Waals surface area contributed by atoms with Crippen LogP contribution in [0.1, 0.15) is 22.5 Å². The molecule has 1 fully saturated rings. The molecular weight excluding hydrogens is 254 g/mol. The van der Waals surface area contributed by atoms with Crippen LogP contribution >= 0.6 is 11.3 Å². The maximum atomic E-state index is 13.6. The minimum atomic E-state index is -0.595. The highest BCUT2D eigenvalue weighted by Gasteiger charge is 2.31. The molecule has 0 amide bonds. The first kappa shape index (κ1) is 11.5. The van der Waals surface area contributed by atoms with Crippen molar-refractivity contribution in [3.8, 4) is 10.4 Å². The summed E-state index contributed by atoms with van der Waals surface area (Å²) >= 11 is 1.16. The number of carbonyl (C=O) groups is 1. The van der Waals surface area contributed by atoms with Gasteiger partial charge in [0, 0.05) is 10.8 Å². The first-order valence-electron chi connectivity index (χ1n) is 5.75. The number of Topliss-reactive ketones (excluding diaryl/α,β-unsaturated/α-hetero) is 1. The van der Waals surface area contributed by atoms with Gasteiger partial charge in [0.1, 0.15) is 11.6 Å². The van der Waals surface area contributed by atoms with Gasteiger partial charge < -0.3 is 0 Å². The van der Waals surface area contributed by atoms with Crippen LogP contribution in [0, 0.1) is 17.6 Å². The predicted molar refractivity (Wildman–Crippen MR) is 66.7 cm³/mol. The Labute approximate surface area is 107 Å². The van der Waals surface area contributed by atoms with Gasteiger partial charge in [-0.05, 0) is 37.1 Å². The molecule has 0 radical (unpaired) electrons. The number of hydrogen-bond donors (Lipinski definition) is 0. The summed E-state index contributed by atoms with van der Waals surface area (Å²) in [5.74, 6) is -0.963. The van der Waals surface area contributed by atoms with Gasteiger partial charge in [0.05, 0.1) is 10.4 Å². The molecule has 1 aromatic carbocycles. The summed E-state index contributed by atoms with van der Waals surface area (Å²) in [6.07, 6.45) is 1.86. The van der Waals surface area contributed by atoms with E-state index in [2.05, 4.69) is 0 Å². The second kappa shape index (κ2) is 4.28. The molecule has 18 heavy (non-hydrogen) atoms. The molecule has 92 valence electrons. The molecule has 0 unspecified atom stereocenters. The summed E-state index contributed by atoms with van der Waals surface area (Å²) in [6, 6.07) is 7.05. The van der Waals surface area contributed by atoms with Crippen LogP contribution in [0.2, 0.25) is 0 Å². The Morgan fingerprint density at radius 3 is 2.39 bits per heavy atom. The van der Waals surface area contributed by atoms with Crippen LogP contribution < -0.4 is 0 Å². The van der Waals surface area contributed by atoms with Crippen molar-refractivity contribution < 1.29 is 13.6 Å². The van der Waals surface area contributed by atoms with E-state index >= 15 is 0 Å². The molecule has 0 aliphatic heterocycles. The molecule has 1 heterocycles. The lowest BCUT2D eigenvalue weighted by molar-refractivity contribution is 0.0971. The molecule has 1 aliphatic rings. The van der Waals surface area contributed by atoms with Crippen LogP contribution in [0.5, 0.6) is 0 Å². The summed E-state index contributed by atoms with van der Waals surface area (Å²) in [5, 5.41) is 0. The molecule has 0 spiro atoms. The van der Waals surface area contributed by atoms with Crippen molar-refractivity contribution in [2.45, 2.75) is 12.8 Å². The highest BCUT2D eigenvalue weighted by molar-refractivity contribution is 7.17. The average Bonchev–Trinajstić information content (AvgIpc) is 3.08. The van der Waals surface area contributed by atoms with Gasteiger partial charge in [0.2, 0.25) is 0 Å². The number of rotatable bonds is 3. The topological polar surface area (TPSA) is 17.1 Å². The Morgan fingerprint density at radius 2 is 1.78 bits per heavy atom. The Bertz CT molecular complexity index is 594. The molecule has 1 nitrogen and oxygen atoms in total. The lowest BCUT2D eigenvalue weighted by atomic mass is 10.1. The summed E-state index contributed by atoms with van der Waals surface area (Å²) in [4.78, 5) is 12.9. The normalized spacial score (nSPS) is 14.8. The highest BCUT2D eigenvalue weighted by atomic mass is 32.1. The van der Waals surface area contributed by atoms with Crippen LogP contribution in [0.3, 0.4) is 0 Å². The SMILES string of the molecule is O=C(c1ccc(-c2c(F)cccc2F)s1)C1CC1. The fourth-order valence-corrected chi connectivity index (χ4v) is 2.96. The van der Waals surface area contributed by atoms with Gasteiger partial charge in [-0.25, -0.2) is 8.78 Å². The molecule has 0 saturated heterocycles. The minimum Gasteiger partial charge on any atom is -0.293 e. The fraction of sp³-hybridized carbons (Fsp3) is 0.214. The Kier molecular flexibility index (Phi) is 2.74. The van der Waals surface area contributed by atoms with Gasteiger partial charge in [0.15, 0.2) is 5.78 Å². The van der Waals surface area contributed by atoms with E-state index in [-0.39, 0.29) is 17.3 Å². The monoisotopic (exact) mass is 264 g/mol. The van der Waals surface area contributed by atoms with E-state index in [9.17, 15) is 13.6 Å². The zero-order chi connectivity index (χ0) is 12.7. The van der Waals surface area contributed by atoms with Gasteiger partial charge >= 0.3 is 0 Å². The van der Waals surface area contributed by atoms with Crippen molar-refractivity contribution in [3.63, 3.8) is 0 Å². The molecule has 1 aliphatic carbocycles. The van der Waals surface area contributed by atoms with Crippen molar-refractivity contribution in [2.24, 2.45) is 5.92 Å². The number of carbonyl (C=O) groups excluding carboxylic acids is 1. The molecule has 0 N–H and O–H groups in total. The summed E-state index contributed by atoms with van der Waals surface area (Å²) in [5.41, 5.74) is -0.0441. The predicted octanol–water partition coefficient (Wildman–Crippen LogP) is 4.29. The minimum absolute atomic E-state index is 0.0441. The van der Waals surface area contributed by atoms with E-state index < -0.39 is 11.6 Å². The summed E-state index contributed by atoms with van der Waals surface area (Å²) < 4.78 is 27.2. The van der Waals surface area contributed by atoms with Crippen molar-refractivity contribution in [1.82, 2.24) is 0 Å². The van der Waals surface area contributed by atoms with E-state index in [0.29, 0.717) is 9.75 Å². The maximum absolute atomic E-state index is 13.6. The number of benzene rings is 1. The number of ketones is 1. The molecule has 1 saturated carbocycles. The second-order valence-corrected chi connectivity index (χ2v) is 5.48. The van der Waals surface area contributed by atoms with E-state index in [0.717, 1.165) is 24.2 Å². The Balaban J connectivity index is 2.00. The average molecular weight is 264 g/mol. The first-order chi connectivity index (χ1) is 8.66. The van der Waals surface area contributed by atoms with Crippen molar-refractivity contribution in [3.05, 3.63) is 46.8 Å². The fourth-order valence-electron chi connectivity index (χ4n) is 1.88. The zero-order valence-corrected chi connectivity index (χ0v) is 10.3. The third kappa shape index (κ3) is 1.97. The Morgan fingerprint density at radius 1 is 1.11 bits per heavy atom. The molecule has 3 rings (SSSR count). The van der Waals surface area contributed by atoms with Crippen LogP contribution in [-0.2, 0) is 0 Å². The second-order valence-electron chi connectivity index (χ2n) is 4.40. The van der Waals surface area contributed by atoms with Crippen LogP contribution in [0.4, 0.5) is 8.78 Å². The summed E-state index contributed by atoms with van der Waals surface area (Å²) in [6.45, 7) is 0. The van der Waals surface area contributed by atoms with Gasteiger partial charge in [-0.1, -0.05) is 6.07 Å². The molecular formula is C14H10F2OS. The van der Waals surface area contributed by atoms with Crippen molar-refractivity contribution >= 4 is 17.1 Å². The standard InChI is InChI=1S/C14H10F2OS/c15-9-2-1-3-10(16)13(9)11-6-7-12(18-11)14(17)8-4-5-8/h1-3,6-8H,4-5H2. The molecule has 4 heteroatoms. The van der Waals surface area contributed by atoms with E-state index in [1.54, 1.807) is 12.1 Å². The molecule has 1 aromatic heterocycles. The van der Waals surface area contributed by atoms with Crippen LogP contribution in [0.25, 0.3) is 10.4 Å². The third-order valence-electron chi connectivity index (χ3n) is 3.01. The maximum Gasteiger partial charge on any atom is 0.175 e. The van der Waals surface area contributed by atoms with Gasteiger partial charge in [0.25, 0.3) is 0 Å². The van der Waals surface area contributed by atoms with Crippen LogP contribution in [0.15, 0.2) is 30.3 Å². The molecule has 0 bridgehead atoms. The number of hydrogen-bond acceptors (Lipinski definition) is 2. The van der Waals surface area contributed by atoms with Crippen molar-refractivity contribution in [1.29, 1.82) is 0 Å². The van der Waals surface area contributed by atoms with Gasteiger partial charge in [-0.15, -0.1) is 11.3 Å². The molecule has 0 atom stereocenters. The van der Waals surface area contributed by atoms with E-state index in [1.807, 2.05) is 0 Å². The Hall–Kier alpha value is -1.55. The van der Waals surface area contributed by atoms with Gasteiger partial charge in [-0.3, -0.25) is 4.79 Å².